The lowest BCUT2D eigenvalue weighted by molar-refractivity contribution is 0.201. The van der Waals surface area contributed by atoms with Gasteiger partial charge in [-0.2, -0.15) is 0 Å². The van der Waals surface area contributed by atoms with Crippen molar-refractivity contribution in [1.29, 1.82) is 0 Å². The van der Waals surface area contributed by atoms with Crippen LogP contribution in [0.15, 0.2) is 54.6 Å². The van der Waals surface area contributed by atoms with Crippen LogP contribution < -0.4 is 0 Å². The van der Waals surface area contributed by atoms with Crippen LogP contribution in [-0.4, -0.2) is 0 Å². The van der Waals surface area contributed by atoms with Crippen LogP contribution in [-0.2, 0) is 6.42 Å². The van der Waals surface area contributed by atoms with Crippen LogP contribution in [0.5, 0.6) is 0 Å². The first kappa shape index (κ1) is 45.4. The topological polar surface area (TPSA) is 0 Å². The average molecular weight is 557 g/mol. The molecule has 0 aromatic heterocycles. The molecular formula is C40H76. The maximum absolute atomic E-state index is 2.43. The largest absolute Gasteiger partial charge is 0.0776 e. The molecule has 0 atom stereocenters. The van der Waals surface area contributed by atoms with Gasteiger partial charge in [-0.05, 0) is 55.9 Å². The van der Waals surface area contributed by atoms with Gasteiger partial charge in [-0.1, -0.05) is 201 Å². The monoisotopic (exact) mass is 557 g/mol. The lowest BCUT2D eigenvalue weighted by Crippen LogP contribution is -2.19. The van der Waals surface area contributed by atoms with Gasteiger partial charge in [0.25, 0.3) is 0 Å². The van der Waals surface area contributed by atoms with E-state index in [0.29, 0.717) is 0 Å². The summed E-state index contributed by atoms with van der Waals surface area (Å²) in [6.45, 7) is 27.2. The predicted octanol–water partition coefficient (Wildman–Crippen LogP) is 14.3. The summed E-state index contributed by atoms with van der Waals surface area (Å²) in [6.07, 6.45) is 14.9. The molecule has 2 aliphatic carbocycles. The summed E-state index contributed by atoms with van der Waals surface area (Å²) in [6, 6.07) is 18.9. The van der Waals surface area contributed by atoms with E-state index in [2.05, 4.69) is 71.0 Å². The molecule has 0 radical (unpaired) electrons. The minimum Gasteiger partial charge on any atom is -0.0776 e. The smallest absolute Gasteiger partial charge is 0.0307 e. The van der Waals surface area contributed by atoms with Crippen LogP contribution in [0.4, 0.5) is 0 Å². The summed E-state index contributed by atoms with van der Waals surface area (Å²) in [4.78, 5) is 0. The molecule has 4 rings (SSSR count). The molecular weight excluding hydrogens is 480 g/mol. The normalized spacial score (nSPS) is 20.3. The highest BCUT2D eigenvalue weighted by Gasteiger charge is 2.24. The van der Waals surface area contributed by atoms with Crippen LogP contribution in [0.2, 0.25) is 0 Å². The molecule has 0 aliphatic heterocycles. The molecule has 0 bridgehead atoms. The minimum atomic E-state index is 0. The van der Waals surface area contributed by atoms with E-state index in [1.165, 1.54) is 68.1 Å². The van der Waals surface area contributed by atoms with E-state index < -0.39 is 0 Å². The molecule has 0 heterocycles. The number of aryl methyl sites for hydroxylation is 3. The molecule has 0 unspecified atom stereocenters. The van der Waals surface area contributed by atoms with Gasteiger partial charge in [0.2, 0.25) is 0 Å². The van der Waals surface area contributed by atoms with Gasteiger partial charge < -0.3 is 0 Å². The average Bonchev–Trinajstić information content (AvgIpc) is 3.01. The second kappa shape index (κ2) is 33.6. The Kier molecular flexibility index (Phi) is 38.2. The summed E-state index contributed by atoms with van der Waals surface area (Å²) >= 11 is 0. The van der Waals surface area contributed by atoms with E-state index in [1.807, 2.05) is 73.6 Å². The molecule has 2 saturated carbocycles. The fraction of sp³-hybridized carbons (Fsp3) is 0.700. The standard InChI is InChI=1S/C15H28.C9H12.C7H8.4C2H6.CH4/c1-12-3-7-14(8-4-12)11-15-9-5-13(2)6-10-15;1-3-9-6-4-8(2)5-7-9;1-7-5-3-2-4-6-7;4*1-2;/h12-15H,3-11H2,1-2H3;4-7H,3H2,1-2H3;2-6H,1H3;4*1-2H3;1H4. The van der Waals surface area contributed by atoms with E-state index in [1.54, 1.807) is 6.42 Å². The van der Waals surface area contributed by atoms with Crippen molar-refractivity contribution in [3.8, 4) is 0 Å². The second-order valence-electron chi connectivity index (χ2n) is 10.5. The van der Waals surface area contributed by atoms with Gasteiger partial charge >= 0.3 is 0 Å². The molecule has 236 valence electrons. The Balaban J connectivity index is -0.000000225. The van der Waals surface area contributed by atoms with Crippen molar-refractivity contribution in [2.75, 3.05) is 0 Å². The van der Waals surface area contributed by atoms with Gasteiger partial charge in [0.1, 0.15) is 0 Å². The first-order valence-electron chi connectivity index (χ1n) is 17.0. The molecule has 0 N–H and O–H groups in total. The molecule has 0 nitrogen and oxygen atoms in total. The molecule has 0 saturated heterocycles. The zero-order chi connectivity index (χ0) is 30.5. The fourth-order valence-electron chi connectivity index (χ4n) is 4.96. The zero-order valence-electron chi connectivity index (χ0n) is 29.1. The van der Waals surface area contributed by atoms with Crippen molar-refractivity contribution in [1.82, 2.24) is 0 Å². The van der Waals surface area contributed by atoms with E-state index in [0.717, 1.165) is 30.1 Å². The van der Waals surface area contributed by atoms with E-state index >= 15 is 0 Å². The van der Waals surface area contributed by atoms with E-state index in [4.69, 9.17) is 0 Å². The Hall–Kier alpha value is -1.56. The number of benzene rings is 2. The quantitative estimate of drug-likeness (QED) is 0.352. The third-order valence-corrected chi connectivity index (χ3v) is 7.41. The Bertz CT molecular complexity index is 648. The maximum atomic E-state index is 2.43. The lowest BCUT2D eigenvalue weighted by atomic mass is 9.74. The van der Waals surface area contributed by atoms with Gasteiger partial charge in [-0.25, -0.2) is 0 Å². The highest BCUT2D eigenvalue weighted by molar-refractivity contribution is 5.20. The van der Waals surface area contributed by atoms with Crippen molar-refractivity contribution in [2.24, 2.45) is 23.7 Å². The summed E-state index contributed by atoms with van der Waals surface area (Å²) in [7, 11) is 0. The number of rotatable bonds is 3. The fourth-order valence-corrected chi connectivity index (χ4v) is 4.96. The lowest BCUT2D eigenvalue weighted by Gasteiger charge is -2.32. The molecule has 2 aromatic rings. The van der Waals surface area contributed by atoms with Crippen molar-refractivity contribution in [3.05, 3.63) is 71.3 Å². The first-order valence-corrected chi connectivity index (χ1v) is 17.0. The predicted molar refractivity (Wildman–Crippen MR) is 191 cm³/mol. The molecule has 2 aliphatic rings. The first-order chi connectivity index (χ1) is 19.0. The number of hydrogen-bond donors (Lipinski definition) is 0. The Morgan fingerprint density at radius 3 is 1.10 bits per heavy atom. The maximum Gasteiger partial charge on any atom is -0.0307 e. The van der Waals surface area contributed by atoms with Crippen LogP contribution >= 0.6 is 0 Å². The zero-order valence-corrected chi connectivity index (χ0v) is 29.1. The molecule has 0 amide bonds. The second-order valence-corrected chi connectivity index (χ2v) is 10.5. The summed E-state index contributed by atoms with van der Waals surface area (Å²) in [5.74, 6) is 4.24. The van der Waals surface area contributed by atoms with Gasteiger partial charge in [0.15, 0.2) is 0 Å². The van der Waals surface area contributed by atoms with Gasteiger partial charge in [0.05, 0.1) is 0 Å². The van der Waals surface area contributed by atoms with Gasteiger partial charge in [-0.15, -0.1) is 0 Å². The highest BCUT2D eigenvalue weighted by atomic mass is 14.3. The molecule has 0 spiro atoms. The molecule has 2 aromatic carbocycles. The van der Waals surface area contributed by atoms with E-state index in [-0.39, 0.29) is 7.43 Å². The van der Waals surface area contributed by atoms with Crippen molar-refractivity contribution in [3.63, 3.8) is 0 Å². The Morgan fingerprint density at radius 2 is 0.825 bits per heavy atom. The minimum absolute atomic E-state index is 0. The molecule has 0 heteroatoms. The van der Waals surface area contributed by atoms with Crippen LogP contribution in [0.25, 0.3) is 0 Å². The summed E-state index contributed by atoms with van der Waals surface area (Å²) < 4.78 is 0. The molecule has 40 heavy (non-hydrogen) atoms. The van der Waals surface area contributed by atoms with Crippen LogP contribution in [0.1, 0.15) is 158 Å². The SMILES string of the molecule is C.CC.CC.CC.CC.CC1CCC(CC2CCC(C)CC2)CC1.CCc1ccc(C)cc1.Cc1ccccc1. The van der Waals surface area contributed by atoms with Crippen molar-refractivity contribution < 1.29 is 0 Å². The van der Waals surface area contributed by atoms with Crippen LogP contribution in [0, 0.1) is 37.5 Å². The van der Waals surface area contributed by atoms with Crippen LogP contribution in [0.3, 0.4) is 0 Å². The van der Waals surface area contributed by atoms with Gasteiger partial charge in [-0.3, -0.25) is 0 Å². The van der Waals surface area contributed by atoms with E-state index in [9.17, 15) is 0 Å². The van der Waals surface area contributed by atoms with Crippen molar-refractivity contribution in [2.45, 2.75) is 162 Å². The summed E-state index contributed by atoms with van der Waals surface area (Å²) in [5.41, 5.74) is 4.08. The Morgan fingerprint density at radius 1 is 0.500 bits per heavy atom. The Labute approximate surface area is 256 Å². The molecule has 2 fully saturated rings. The third-order valence-electron chi connectivity index (χ3n) is 7.41. The third kappa shape index (κ3) is 25.4. The van der Waals surface area contributed by atoms with Crippen molar-refractivity contribution >= 4 is 0 Å². The summed E-state index contributed by atoms with van der Waals surface area (Å²) in [5, 5.41) is 0. The van der Waals surface area contributed by atoms with Gasteiger partial charge in [0, 0.05) is 0 Å². The number of hydrogen-bond acceptors (Lipinski definition) is 0. The highest BCUT2D eigenvalue weighted by Crippen LogP contribution is 2.37.